The van der Waals surface area contributed by atoms with Gasteiger partial charge in [-0.2, -0.15) is 0 Å². The zero-order valence-corrected chi connectivity index (χ0v) is 17.2. The van der Waals surface area contributed by atoms with E-state index in [1.165, 1.54) is 0 Å². The predicted molar refractivity (Wildman–Crippen MR) is 120 cm³/mol. The number of hydrogen-bond acceptors (Lipinski definition) is 4. The van der Waals surface area contributed by atoms with Crippen LogP contribution in [0.4, 0.5) is 5.69 Å². The number of thiocarbonyl (C=S) groups is 1. The van der Waals surface area contributed by atoms with Crippen molar-refractivity contribution in [3.8, 4) is 5.75 Å². The topological polar surface area (TPSA) is 79.5 Å². The molecule has 3 N–H and O–H groups in total. The molecule has 2 rings (SSSR count). The Labute approximate surface area is 176 Å². The molecular formula is C22H25N3O3S. The van der Waals surface area contributed by atoms with Crippen LogP contribution in [0.3, 0.4) is 0 Å². The lowest BCUT2D eigenvalue weighted by atomic mass is 10.1. The van der Waals surface area contributed by atoms with E-state index in [9.17, 15) is 9.59 Å². The van der Waals surface area contributed by atoms with Crippen LogP contribution in [0.25, 0.3) is 0 Å². The molecule has 0 atom stereocenters. The quantitative estimate of drug-likeness (QED) is 0.331. The van der Waals surface area contributed by atoms with Gasteiger partial charge in [-0.3, -0.25) is 14.9 Å². The summed E-state index contributed by atoms with van der Waals surface area (Å²) in [6.07, 6.45) is 3.64. The van der Waals surface area contributed by atoms with Crippen molar-refractivity contribution >= 4 is 34.8 Å². The Hall–Kier alpha value is -3.19. The van der Waals surface area contributed by atoms with Gasteiger partial charge >= 0.3 is 0 Å². The van der Waals surface area contributed by atoms with Crippen molar-refractivity contribution in [3.63, 3.8) is 0 Å². The molecule has 29 heavy (non-hydrogen) atoms. The van der Waals surface area contributed by atoms with Gasteiger partial charge in [0.2, 0.25) is 0 Å². The maximum absolute atomic E-state index is 12.4. The van der Waals surface area contributed by atoms with Crippen LogP contribution in [0.2, 0.25) is 0 Å². The van der Waals surface area contributed by atoms with Crippen molar-refractivity contribution < 1.29 is 14.3 Å². The van der Waals surface area contributed by atoms with Crippen molar-refractivity contribution in [2.75, 3.05) is 18.5 Å². The fraction of sp³-hybridized carbons (Fsp3) is 0.227. The number of unbranched alkanes of at least 4 members (excludes halogenated alkanes) is 1. The van der Waals surface area contributed by atoms with Crippen LogP contribution in [-0.4, -0.2) is 30.1 Å². The summed E-state index contributed by atoms with van der Waals surface area (Å²) in [7, 11) is 0. The molecule has 0 bridgehead atoms. The molecule has 2 amide bonds. The van der Waals surface area contributed by atoms with Crippen molar-refractivity contribution in [2.24, 2.45) is 0 Å². The van der Waals surface area contributed by atoms with E-state index in [-0.39, 0.29) is 16.9 Å². The summed E-state index contributed by atoms with van der Waals surface area (Å²) < 4.78 is 5.59. The number of rotatable bonds is 9. The van der Waals surface area contributed by atoms with Crippen LogP contribution >= 0.6 is 12.2 Å². The molecular weight excluding hydrogens is 386 g/mol. The van der Waals surface area contributed by atoms with Crippen molar-refractivity contribution in [1.29, 1.82) is 0 Å². The fourth-order valence-corrected chi connectivity index (χ4v) is 2.62. The van der Waals surface area contributed by atoms with Gasteiger partial charge in [0.1, 0.15) is 5.75 Å². The van der Waals surface area contributed by atoms with Gasteiger partial charge in [-0.1, -0.05) is 31.6 Å². The molecule has 0 aliphatic heterocycles. The molecule has 152 valence electrons. The third-order valence-corrected chi connectivity index (χ3v) is 4.14. The molecule has 0 spiro atoms. The molecule has 0 aliphatic carbocycles. The SMILES string of the molecule is C=CCNC(=O)c1ccccc1NC(=S)NC(=O)c1ccc(OCCCC)cc1. The Morgan fingerprint density at radius 1 is 1.10 bits per heavy atom. The average molecular weight is 412 g/mol. The number of amides is 2. The third kappa shape index (κ3) is 7.04. The van der Waals surface area contributed by atoms with Crippen LogP contribution in [0.5, 0.6) is 5.75 Å². The second kappa shape index (κ2) is 11.6. The van der Waals surface area contributed by atoms with Gasteiger partial charge in [-0.25, -0.2) is 0 Å². The van der Waals surface area contributed by atoms with Crippen molar-refractivity contribution in [2.45, 2.75) is 19.8 Å². The number of carbonyl (C=O) groups excluding carboxylic acids is 2. The Kier molecular flexibility index (Phi) is 8.85. The molecule has 6 nitrogen and oxygen atoms in total. The highest BCUT2D eigenvalue weighted by Crippen LogP contribution is 2.15. The summed E-state index contributed by atoms with van der Waals surface area (Å²) in [6.45, 7) is 6.68. The molecule has 2 aromatic carbocycles. The molecule has 0 aromatic heterocycles. The molecule has 2 aromatic rings. The van der Waals surface area contributed by atoms with E-state index in [2.05, 4.69) is 29.5 Å². The first-order valence-corrected chi connectivity index (χ1v) is 9.79. The summed E-state index contributed by atoms with van der Waals surface area (Å²) in [5, 5.41) is 8.33. The van der Waals surface area contributed by atoms with Crippen LogP contribution < -0.4 is 20.7 Å². The van der Waals surface area contributed by atoms with Crippen LogP contribution in [-0.2, 0) is 0 Å². The van der Waals surface area contributed by atoms with Gasteiger partial charge in [0.15, 0.2) is 5.11 Å². The van der Waals surface area contributed by atoms with Gasteiger partial charge in [0.05, 0.1) is 17.9 Å². The first-order chi connectivity index (χ1) is 14.0. The Balaban J connectivity index is 1.96. The second-order valence-corrected chi connectivity index (χ2v) is 6.59. The number of carbonyl (C=O) groups is 2. The minimum atomic E-state index is -0.351. The molecule has 0 fully saturated rings. The van der Waals surface area contributed by atoms with Crippen molar-refractivity contribution in [1.82, 2.24) is 10.6 Å². The summed E-state index contributed by atoms with van der Waals surface area (Å²) in [5.41, 5.74) is 1.37. The van der Waals surface area contributed by atoms with E-state index in [4.69, 9.17) is 17.0 Å². The van der Waals surface area contributed by atoms with E-state index in [1.807, 2.05) is 0 Å². The van der Waals surface area contributed by atoms with E-state index < -0.39 is 0 Å². The van der Waals surface area contributed by atoms with E-state index in [0.717, 1.165) is 18.6 Å². The number of ether oxygens (including phenoxy) is 1. The lowest BCUT2D eigenvalue weighted by molar-refractivity contribution is 0.0956. The largest absolute Gasteiger partial charge is 0.494 e. The van der Waals surface area contributed by atoms with Gasteiger partial charge < -0.3 is 15.4 Å². The molecule has 0 saturated heterocycles. The lowest BCUT2D eigenvalue weighted by Gasteiger charge is -2.13. The summed E-state index contributed by atoms with van der Waals surface area (Å²) in [6, 6.07) is 13.8. The number of benzene rings is 2. The Morgan fingerprint density at radius 2 is 1.83 bits per heavy atom. The average Bonchev–Trinajstić information content (AvgIpc) is 2.73. The Bertz CT molecular complexity index is 866. The van der Waals surface area contributed by atoms with Crippen molar-refractivity contribution in [3.05, 3.63) is 72.3 Å². The predicted octanol–water partition coefficient (Wildman–Crippen LogP) is 3.91. The lowest BCUT2D eigenvalue weighted by Crippen LogP contribution is -2.35. The van der Waals surface area contributed by atoms with Crippen LogP contribution in [0, 0.1) is 0 Å². The maximum atomic E-state index is 12.4. The van der Waals surface area contributed by atoms with Gasteiger partial charge in [0.25, 0.3) is 11.8 Å². The Morgan fingerprint density at radius 3 is 2.52 bits per heavy atom. The highest BCUT2D eigenvalue weighted by atomic mass is 32.1. The molecule has 0 saturated carbocycles. The number of anilines is 1. The van der Waals surface area contributed by atoms with E-state index in [1.54, 1.807) is 54.6 Å². The highest BCUT2D eigenvalue weighted by Gasteiger charge is 2.13. The summed E-state index contributed by atoms with van der Waals surface area (Å²) in [4.78, 5) is 24.6. The smallest absolute Gasteiger partial charge is 0.257 e. The molecule has 0 unspecified atom stereocenters. The van der Waals surface area contributed by atoms with E-state index >= 15 is 0 Å². The zero-order valence-electron chi connectivity index (χ0n) is 16.4. The summed E-state index contributed by atoms with van der Waals surface area (Å²) >= 11 is 5.23. The van der Waals surface area contributed by atoms with Crippen LogP contribution in [0.1, 0.15) is 40.5 Å². The van der Waals surface area contributed by atoms with E-state index in [0.29, 0.717) is 30.0 Å². The maximum Gasteiger partial charge on any atom is 0.257 e. The number of nitrogens with one attached hydrogen (secondary N) is 3. The molecule has 0 heterocycles. The third-order valence-electron chi connectivity index (χ3n) is 3.94. The number of para-hydroxylation sites is 1. The summed E-state index contributed by atoms with van der Waals surface area (Å²) in [5.74, 6) is 0.104. The molecule has 7 heteroatoms. The highest BCUT2D eigenvalue weighted by molar-refractivity contribution is 7.80. The number of hydrogen-bond donors (Lipinski definition) is 3. The zero-order chi connectivity index (χ0) is 21.1. The normalized spacial score (nSPS) is 9.97. The first kappa shape index (κ1) is 22.1. The first-order valence-electron chi connectivity index (χ1n) is 9.38. The van der Waals surface area contributed by atoms with Crippen LogP contribution in [0.15, 0.2) is 61.2 Å². The minimum Gasteiger partial charge on any atom is -0.494 e. The van der Waals surface area contributed by atoms with Gasteiger partial charge in [-0.15, -0.1) is 6.58 Å². The fourth-order valence-electron chi connectivity index (χ4n) is 2.42. The standard InChI is InChI=1S/C22H25N3O3S/c1-3-5-15-28-17-12-10-16(11-13-17)20(26)25-22(29)24-19-9-7-6-8-18(19)21(27)23-14-4-2/h4,6-13H,2-3,5,14-15H2,1H3,(H,23,27)(H2,24,25,26,29). The minimum absolute atomic E-state index is 0.0993. The van der Waals surface area contributed by atoms with Gasteiger partial charge in [0, 0.05) is 12.1 Å². The molecule has 0 aliphatic rings. The second-order valence-electron chi connectivity index (χ2n) is 6.18. The van der Waals surface area contributed by atoms with Gasteiger partial charge in [-0.05, 0) is 55.0 Å². The monoisotopic (exact) mass is 411 g/mol. The molecule has 0 radical (unpaired) electrons.